The van der Waals surface area contributed by atoms with E-state index in [-0.39, 0.29) is 19.1 Å². The van der Waals surface area contributed by atoms with Crippen molar-refractivity contribution in [3.05, 3.63) is 36.2 Å². The predicted octanol–water partition coefficient (Wildman–Crippen LogP) is 0.808. The number of carbonyl (C=O) groups excluding carboxylic acids is 1. The third-order valence-electron chi connectivity index (χ3n) is 2.50. The van der Waals surface area contributed by atoms with Crippen molar-refractivity contribution >= 4 is 11.6 Å². The summed E-state index contributed by atoms with van der Waals surface area (Å²) in [6, 6.07) is 7.11. The molecular formula is C13H16N4O3. The van der Waals surface area contributed by atoms with E-state index in [9.17, 15) is 4.79 Å². The van der Waals surface area contributed by atoms with Crippen LogP contribution in [0.1, 0.15) is 12.6 Å². The Bertz CT molecular complexity index is 565. The Balaban J connectivity index is 1.90. The summed E-state index contributed by atoms with van der Waals surface area (Å²) in [6.07, 6.45) is 1.53. The minimum atomic E-state index is -0.219. The van der Waals surface area contributed by atoms with E-state index < -0.39 is 0 Å². The fraction of sp³-hybridized carbons (Fsp3) is 0.308. The number of rotatable bonds is 6. The fourth-order valence-corrected chi connectivity index (χ4v) is 1.64. The number of hydrogen-bond acceptors (Lipinski definition) is 5. The summed E-state index contributed by atoms with van der Waals surface area (Å²) in [5.74, 6) is 0.540. The third-order valence-corrected chi connectivity index (χ3v) is 2.50. The number of benzene rings is 1. The lowest BCUT2D eigenvalue weighted by atomic mass is 10.3. The lowest BCUT2D eigenvalue weighted by Gasteiger charge is -2.06. The second-order valence-corrected chi connectivity index (χ2v) is 4.07. The number of aliphatic hydroxyl groups excluding tert-OH is 1. The van der Waals surface area contributed by atoms with Crippen molar-refractivity contribution in [3.63, 3.8) is 0 Å². The lowest BCUT2D eigenvalue weighted by Crippen LogP contribution is -2.19. The highest BCUT2D eigenvalue weighted by atomic mass is 16.5. The molecule has 1 amide bonds. The highest BCUT2D eigenvalue weighted by Crippen LogP contribution is 2.15. The van der Waals surface area contributed by atoms with Gasteiger partial charge in [0.25, 0.3) is 0 Å². The van der Waals surface area contributed by atoms with Gasteiger partial charge in [0.1, 0.15) is 18.0 Å². The van der Waals surface area contributed by atoms with Gasteiger partial charge in [-0.15, -0.1) is 5.10 Å². The van der Waals surface area contributed by atoms with Gasteiger partial charge in [0.05, 0.1) is 19.4 Å². The normalized spacial score (nSPS) is 10.3. The molecule has 2 aromatic rings. The van der Waals surface area contributed by atoms with Gasteiger partial charge < -0.3 is 15.2 Å². The van der Waals surface area contributed by atoms with Gasteiger partial charge in [0.15, 0.2) is 0 Å². The van der Waals surface area contributed by atoms with Crippen molar-refractivity contribution in [1.82, 2.24) is 15.0 Å². The second-order valence-electron chi connectivity index (χ2n) is 4.07. The Labute approximate surface area is 116 Å². The molecule has 0 aliphatic carbocycles. The van der Waals surface area contributed by atoms with Crippen LogP contribution in [0.4, 0.5) is 5.69 Å². The first-order chi connectivity index (χ1) is 9.71. The molecule has 0 spiro atoms. The van der Waals surface area contributed by atoms with Crippen LogP contribution in [0.15, 0.2) is 30.5 Å². The molecule has 1 heterocycles. The maximum Gasteiger partial charge on any atom is 0.246 e. The fourth-order valence-electron chi connectivity index (χ4n) is 1.64. The number of nitrogens with zero attached hydrogens (tertiary/aromatic N) is 3. The molecule has 2 N–H and O–H groups in total. The Kier molecular flexibility index (Phi) is 4.67. The molecule has 0 fully saturated rings. The van der Waals surface area contributed by atoms with Gasteiger partial charge in [-0.2, -0.15) is 0 Å². The highest BCUT2D eigenvalue weighted by molar-refractivity contribution is 5.90. The maximum atomic E-state index is 11.8. The number of ether oxygens (including phenoxy) is 1. The first-order valence-corrected chi connectivity index (χ1v) is 6.24. The van der Waals surface area contributed by atoms with Crippen LogP contribution in [0.3, 0.4) is 0 Å². The van der Waals surface area contributed by atoms with Crippen molar-refractivity contribution in [2.45, 2.75) is 20.1 Å². The first-order valence-electron chi connectivity index (χ1n) is 6.24. The number of anilines is 1. The Morgan fingerprint density at radius 3 is 2.75 bits per heavy atom. The lowest BCUT2D eigenvalue weighted by molar-refractivity contribution is -0.116. The molecule has 7 nitrogen and oxygen atoms in total. The van der Waals surface area contributed by atoms with E-state index in [4.69, 9.17) is 9.84 Å². The summed E-state index contributed by atoms with van der Waals surface area (Å²) in [5, 5.41) is 19.0. The zero-order chi connectivity index (χ0) is 14.4. The van der Waals surface area contributed by atoms with Gasteiger partial charge in [0, 0.05) is 5.69 Å². The van der Waals surface area contributed by atoms with E-state index in [2.05, 4.69) is 15.6 Å². The van der Waals surface area contributed by atoms with Crippen LogP contribution >= 0.6 is 0 Å². The van der Waals surface area contributed by atoms with Crippen LogP contribution in [-0.4, -0.2) is 32.6 Å². The topological polar surface area (TPSA) is 89.3 Å². The number of aromatic nitrogens is 3. The smallest absolute Gasteiger partial charge is 0.246 e. The Hall–Kier alpha value is -2.41. The van der Waals surface area contributed by atoms with Crippen LogP contribution in [0.2, 0.25) is 0 Å². The molecule has 7 heteroatoms. The van der Waals surface area contributed by atoms with Gasteiger partial charge >= 0.3 is 0 Å². The largest absolute Gasteiger partial charge is 0.494 e. The molecule has 20 heavy (non-hydrogen) atoms. The summed E-state index contributed by atoms with van der Waals surface area (Å²) in [7, 11) is 0. The van der Waals surface area contributed by atoms with Crippen molar-refractivity contribution < 1.29 is 14.6 Å². The van der Waals surface area contributed by atoms with Crippen LogP contribution in [0.25, 0.3) is 0 Å². The van der Waals surface area contributed by atoms with E-state index in [1.54, 1.807) is 24.3 Å². The maximum absolute atomic E-state index is 11.8. The summed E-state index contributed by atoms with van der Waals surface area (Å²) in [5.41, 5.74) is 1.11. The average molecular weight is 276 g/mol. The molecule has 0 atom stereocenters. The zero-order valence-electron chi connectivity index (χ0n) is 11.1. The molecular weight excluding hydrogens is 260 g/mol. The zero-order valence-corrected chi connectivity index (χ0v) is 11.1. The Morgan fingerprint density at radius 2 is 2.15 bits per heavy atom. The summed E-state index contributed by atoms with van der Waals surface area (Å²) in [6.45, 7) is 2.36. The molecule has 1 aromatic heterocycles. The second kappa shape index (κ2) is 6.67. The molecule has 0 aliphatic heterocycles. The van der Waals surface area contributed by atoms with Crippen LogP contribution in [0, 0.1) is 0 Å². The first kappa shape index (κ1) is 14.0. The number of amides is 1. The van der Waals surface area contributed by atoms with Crippen molar-refractivity contribution in [3.8, 4) is 5.75 Å². The molecule has 0 saturated heterocycles. The van der Waals surface area contributed by atoms with Crippen LogP contribution in [-0.2, 0) is 17.9 Å². The summed E-state index contributed by atoms with van der Waals surface area (Å²) < 4.78 is 6.69. The van der Waals surface area contributed by atoms with Gasteiger partial charge in [-0.1, -0.05) is 5.21 Å². The van der Waals surface area contributed by atoms with Crippen LogP contribution < -0.4 is 10.1 Å². The third kappa shape index (κ3) is 3.79. The van der Waals surface area contributed by atoms with Gasteiger partial charge in [-0.3, -0.25) is 4.79 Å². The van der Waals surface area contributed by atoms with Gasteiger partial charge in [0.2, 0.25) is 5.91 Å². The number of carbonyl (C=O) groups is 1. The van der Waals surface area contributed by atoms with Crippen molar-refractivity contribution in [2.24, 2.45) is 0 Å². The molecule has 0 aliphatic rings. The quantitative estimate of drug-likeness (QED) is 0.815. The average Bonchev–Trinajstić information content (AvgIpc) is 2.89. The minimum Gasteiger partial charge on any atom is -0.494 e. The predicted molar refractivity (Wildman–Crippen MR) is 72.2 cm³/mol. The van der Waals surface area contributed by atoms with E-state index in [1.165, 1.54) is 10.9 Å². The van der Waals surface area contributed by atoms with E-state index in [1.807, 2.05) is 6.92 Å². The number of hydrogen-bond donors (Lipinski definition) is 2. The molecule has 0 bridgehead atoms. The molecule has 0 unspecified atom stereocenters. The van der Waals surface area contributed by atoms with E-state index >= 15 is 0 Å². The van der Waals surface area contributed by atoms with Crippen molar-refractivity contribution in [1.29, 1.82) is 0 Å². The standard InChI is InChI=1S/C13H16N4O3/c1-2-20-12-5-3-10(4-6-12)14-13(19)8-17-7-11(9-18)15-16-17/h3-7,18H,2,8-9H2,1H3,(H,14,19). The molecule has 106 valence electrons. The van der Waals surface area contributed by atoms with Crippen LogP contribution in [0.5, 0.6) is 5.75 Å². The van der Waals surface area contributed by atoms with E-state index in [0.29, 0.717) is 18.0 Å². The summed E-state index contributed by atoms with van der Waals surface area (Å²) >= 11 is 0. The monoisotopic (exact) mass is 276 g/mol. The Morgan fingerprint density at radius 1 is 1.40 bits per heavy atom. The molecule has 1 aromatic carbocycles. The van der Waals surface area contributed by atoms with Gasteiger partial charge in [-0.25, -0.2) is 4.68 Å². The number of aliphatic hydroxyl groups is 1. The molecule has 2 rings (SSSR count). The number of nitrogens with one attached hydrogen (secondary N) is 1. The van der Waals surface area contributed by atoms with Crippen molar-refractivity contribution in [2.75, 3.05) is 11.9 Å². The molecule has 0 radical (unpaired) electrons. The minimum absolute atomic E-state index is 0.0419. The summed E-state index contributed by atoms with van der Waals surface area (Å²) in [4.78, 5) is 11.8. The van der Waals surface area contributed by atoms with Gasteiger partial charge in [-0.05, 0) is 31.2 Å². The van der Waals surface area contributed by atoms with E-state index in [0.717, 1.165) is 5.75 Å². The SMILES string of the molecule is CCOc1ccc(NC(=O)Cn2cc(CO)nn2)cc1. The highest BCUT2D eigenvalue weighted by Gasteiger charge is 2.06. The molecule has 0 saturated carbocycles.